The van der Waals surface area contributed by atoms with E-state index in [0.717, 1.165) is 0 Å². The Labute approximate surface area is 91.7 Å². The van der Waals surface area contributed by atoms with Gasteiger partial charge in [0.1, 0.15) is 4.88 Å². The van der Waals surface area contributed by atoms with Crippen molar-refractivity contribution >= 4 is 34.5 Å². The first-order valence-corrected chi connectivity index (χ1v) is 5.40. The first-order chi connectivity index (χ1) is 6.65. The van der Waals surface area contributed by atoms with Crippen LogP contribution in [0.4, 0.5) is 0 Å². The molecule has 0 spiro atoms. The van der Waals surface area contributed by atoms with Crippen molar-refractivity contribution in [3.8, 4) is 0 Å². The van der Waals surface area contributed by atoms with Crippen molar-refractivity contribution in [1.29, 1.82) is 0 Å². The van der Waals surface area contributed by atoms with Crippen LogP contribution in [-0.4, -0.2) is 33.9 Å². The van der Waals surface area contributed by atoms with E-state index >= 15 is 0 Å². The molecule has 0 bridgehead atoms. The number of amides is 1. The molecule has 0 aliphatic heterocycles. The summed E-state index contributed by atoms with van der Waals surface area (Å²) in [5.74, 6) is -0.0669. The number of likely N-dealkylation sites (N-methyl/N-ethyl adjacent to an activating group) is 1. The van der Waals surface area contributed by atoms with Gasteiger partial charge in [-0.15, -0.1) is 11.3 Å². The Balaban J connectivity index is 2.70. The molecule has 0 unspecified atom stereocenters. The number of carbonyl (C=O) groups is 1. The quantitative estimate of drug-likeness (QED) is 0.779. The van der Waals surface area contributed by atoms with Crippen LogP contribution in [0.3, 0.4) is 0 Å². The van der Waals surface area contributed by atoms with Gasteiger partial charge in [-0.05, 0) is 6.92 Å². The van der Waals surface area contributed by atoms with E-state index in [4.69, 9.17) is 18.0 Å². The molecule has 14 heavy (non-hydrogen) atoms. The molecule has 0 fully saturated rings. The molecule has 6 heteroatoms. The van der Waals surface area contributed by atoms with Crippen molar-refractivity contribution in [2.75, 3.05) is 13.1 Å². The van der Waals surface area contributed by atoms with E-state index in [1.165, 1.54) is 11.3 Å². The lowest BCUT2D eigenvalue weighted by Gasteiger charge is -2.18. The molecule has 0 radical (unpaired) electrons. The lowest BCUT2D eigenvalue weighted by atomic mass is 10.4. The molecule has 1 aromatic heterocycles. The topological polar surface area (TPSA) is 59.2 Å². The highest BCUT2D eigenvalue weighted by Crippen LogP contribution is 2.09. The minimum absolute atomic E-state index is 0.0669. The van der Waals surface area contributed by atoms with Gasteiger partial charge in [-0.3, -0.25) is 9.78 Å². The molecule has 1 amide bonds. The molecule has 0 aliphatic rings. The summed E-state index contributed by atoms with van der Waals surface area (Å²) in [5.41, 5.74) is 7.01. The number of hydrogen-bond donors (Lipinski definition) is 1. The number of rotatable bonds is 4. The number of thiazole rings is 1. The second-order valence-electron chi connectivity index (χ2n) is 2.65. The van der Waals surface area contributed by atoms with Crippen molar-refractivity contribution in [1.82, 2.24) is 9.88 Å². The highest BCUT2D eigenvalue weighted by Gasteiger charge is 2.15. The zero-order valence-corrected chi connectivity index (χ0v) is 9.40. The van der Waals surface area contributed by atoms with Gasteiger partial charge in [0.05, 0.1) is 23.2 Å². The van der Waals surface area contributed by atoms with Crippen LogP contribution >= 0.6 is 23.6 Å². The van der Waals surface area contributed by atoms with Crippen LogP contribution in [0, 0.1) is 0 Å². The van der Waals surface area contributed by atoms with Crippen molar-refractivity contribution in [3.63, 3.8) is 0 Å². The smallest absolute Gasteiger partial charge is 0.265 e. The molecule has 0 saturated carbocycles. The third-order valence-electron chi connectivity index (χ3n) is 1.66. The van der Waals surface area contributed by atoms with Crippen LogP contribution in [0.5, 0.6) is 0 Å². The van der Waals surface area contributed by atoms with Crippen molar-refractivity contribution in [3.05, 3.63) is 16.6 Å². The third-order valence-corrected chi connectivity index (χ3v) is 2.55. The normalized spacial score (nSPS) is 9.79. The van der Waals surface area contributed by atoms with Crippen LogP contribution in [0.25, 0.3) is 0 Å². The Hall–Kier alpha value is -1.01. The molecule has 0 aliphatic carbocycles. The molecule has 1 aromatic rings. The highest BCUT2D eigenvalue weighted by atomic mass is 32.1. The van der Waals surface area contributed by atoms with Crippen LogP contribution in [0.15, 0.2) is 11.7 Å². The summed E-state index contributed by atoms with van der Waals surface area (Å²) in [7, 11) is 0. The van der Waals surface area contributed by atoms with Gasteiger partial charge in [0.15, 0.2) is 0 Å². The molecular formula is C8H11N3OS2. The molecule has 0 saturated heterocycles. The third kappa shape index (κ3) is 2.74. The van der Waals surface area contributed by atoms with Crippen LogP contribution in [0.1, 0.15) is 16.6 Å². The van der Waals surface area contributed by atoms with Crippen LogP contribution < -0.4 is 5.73 Å². The maximum Gasteiger partial charge on any atom is 0.265 e. The Kier molecular flexibility index (Phi) is 3.97. The van der Waals surface area contributed by atoms with E-state index in [-0.39, 0.29) is 5.91 Å². The lowest BCUT2D eigenvalue weighted by molar-refractivity contribution is 0.0792. The van der Waals surface area contributed by atoms with Gasteiger partial charge in [0.2, 0.25) is 0 Å². The predicted octanol–water partition coefficient (Wildman–Crippen LogP) is 0.891. The average molecular weight is 229 g/mol. The Morgan fingerprint density at radius 1 is 1.79 bits per heavy atom. The van der Waals surface area contributed by atoms with Gasteiger partial charge in [0.25, 0.3) is 5.91 Å². The number of nitrogens with zero attached hydrogens (tertiary/aromatic N) is 2. The number of nitrogens with two attached hydrogens (primary N) is 1. The number of aromatic nitrogens is 1. The Morgan fingerprint density at radius 3 is 2.93 bits per heavy atom. The van der Waals surface area contributed by atoms with Crippen molar-refractivity contribution in [2.45, 2.75) is 6.92 Å². The fourth-order valence-electron chi connectivity index (χ4n) is 0.993. The maximum absolute atomic E-state index is 11.8. The van der Waals surface area contributed by atoms with Gasteiger partial charge in [0, 0.05) is 6.54 Å². The molecule has 1 heterocycles. The monoisotopic (exact) mass is 229 g/mol. The zero-order chi connectivity index (χ0) is 10.6. The van der Waals surface area contributed by atoms with Crippen LogP contribution in [-0.2, 0) is 0 Å². The average Bonchev–Trinajstić information content (AvgIpc) is 2.65. The molecule has 0 atom stereocenters. The largest absolute Gasteiger partial charge is 0.392 e. The van der Waals surface area contributed by atoms with Gasteiger partial charge >= 0.3 is 0 Å². The fourth-order valence-corrected chi connectivity index (χ4v) is 1.74. The summed E-state index contributed by atoms with van der Waals surface area (Å²) in [5, 5.41) is 0. The summed E-state index contributed by atoms with van der Waals surface area (Å²) in [6, 6.07) is 0. The van der Waals surface area contributed by atoms with E-state index < -0.39 is 0 Å². The highest BCUT2D eigenvalue weighted by molar-refractivity contribution is 7.80. The van der Waals surface area contributed by atoms with E-state index in [0.29, 0.717) is 23.0 Å². The summed E-state index contributed by atoms with van der Waals surface area (Å²) in [4.78, 5) is 18.1. The molecule has 4 nitrogen and oxygen atoms in total. The van der Waals surface area contributed by atoms with E-state index in [1.807, 2.05) is 6.92 Å². The van der Waals surface area contributed by atoms with Gasteiger partial charge in [-0.25, -0.2) is 0 Å². The SMILES string of the molecule is CCN(CC(N)=S)C(=O)c1cncs1. The van der Waals surface area contributed by atoms with Crippen molar-refractivity contribution in [2.24, 2.45) is 5.73 Å². The fraction of sp³-hybridized carbons (Fsp3) is 0.375. The summed E-state index contributed by atoms with van der Waals surface area (Å²) < 4.78 is 0. The predicted molar refractivity (Wildman–Crippen MR) is 60.5 cm³/mol. The Bertz CT molecular complexity index is 323. The second-order valence-corrected chi connectivity index (χ2v) is 4.06. The number of carbonyl (C=O) groups excluding carboxylic acids is 1. The van der Waals surface area contributed by atoms with E-state index in [2.05, 4.69) is 4.98 Å². The summed E-state index contributed by atoms with van der Waals surface area (Å²) in [6.45, 7) is 2.80. The zero-order valence-electron chi connectivity index (χ0n) is 7.77. The second kappa shape index (κ2) is 5.02. The van der Waals surface area contributed by atoms with Gasteiger partial charge in [-0.1, -0.05) is 12.2 Å². The standard InChI is InChI=1S/C8H11N3OS2/c1-2-11(4-7(9)13)8(12)6-3-10-5-14-6/h3,5H,2,4H2,1H3,(H2,9,13). The molecule has 1 rings (SSSR count). The van der Waals surface area contributed by atoms with Gasteiger partial charge in [-0.2, -0.15) is 0 Å². The van der Waals surface area contributed by atoms with E-state index in [1.54, 1.807) is 16.6 Å². The Morgan fingerprint density at radius 2 is 2.50 bits per heavy atom. The van der Waals surface area contributed by atoms with Gasteiger partial charge < -0.3 is 10.6 Å². The lowest BCUT2D eigenvalue weighted by Crippen LogP contribution is -2.37. The summed E-state index contributed by atoms with van der Waals surface area (Å²) in [6.07, 6.45) is 1.55. The minimum atomic E-state index is -0.0669. The maximum atomic E-state index is 11.8. The first kappa shape index (κ1) is 11.1. The molecule has 76 valence electrons. The first-order valence-electron chi connectivity index (χ1n) is 4.11. The van der Waals surface area contributed by atoms with E-state index in [9.17, 15) is 4.79 Å². The molecule has 2 N–H and O–H groups in total. The number of hydrogen-bond acceptors (Lipinski definition) is 4. The minimum Gasteiger partial charge on any atom is -0.392 e. The number of thiocarbonyl (C=S) groups is 1. The molecule has 0 aromatic carbocycles. The summed E-state index contributed by atoms with van der Waals surface area (Å²) >= 11 is 6.07. The van der Waals surface area contributed by atoms with Crippen LogP contribution in [0.2, 0.25) is 0 Å². The van der Waals surface area contributed by atoms with Crippen molar-refractivity contribution < 1.29 is 4.79 Å². The molecular weight excluding hydrogens is 218 g/mol.